The van der Waals surface area contributed by atoms with Crippen molar-refractivity contribution in [2.75, 3.05) is 20.8 Å². The van der Waals surface area contributed by atoms with Crippen LogP contribution < -0.4 is 14.8 Å². The summed E-state index contributed by atoms with van der Waals surface area (Å²) < 4.78 is 16.2. The van der Waals surface area contributed by atoms with Gasteiger partial charge < -0.3 is 19.5 Å². The maximum atomic E-state index is 12.1. The number of methoxy groups -OCH3 is 2. The van der Waals surface area contributed by atoms with E-state index in [0.29, 0.717) is 25.5 Å². The highest BCUT2D eigenvalue weighted by molar-refractivity contribution is 5.91. The van der Waals surface area contributed by atoms with Crippen molar-refractivity contribution in [1.82, 2.24) is 5.32 Å². The van der Waals surface area contributed by atoms with E-state index < -0.39 is 0 Å². The molecule has 2 aromatic carbocycles. The van der Waals surface area contributed by atoms with Gasteiger partial charge in [0.2, 0.25) is 5.91 Å². The van der Waals surface area contributed by atoms with Gasteiger partial charge in [-0.3, -0.25) is 4.79 Å². The molecule has 5 heteroatoms. The van der Waals surface area contributed by atoms with Crippen LogP contribution in [0.2, 0.25) is 0 Å². The second-order valence-corrected chi connectivity index (χ2v) is 6.41. The highest BCUT2D eigenvalue weighted by Crippen LogP contribution is 2.28. The van der Waals surface area contributed by atoms with E-state index in [0.717, 1.165) is 35.3 Å². The molecule has 0 aliphatic heterocycles. The molecule has 0 aliphatic rings. The Morgan fingerprint density at radius 2 is 1.79 bits per heavy atom. The number of carbonyl (C=O) groups excluding carboxylic acids is 1. The molecule has 0 saturated heterocycles. The van der Waals surface area contributed by atoms with Crippen LogP contribution in [0.4, 0.5) is 0 Å². The fourth-order valence-corrected chi connectivity index (χ4v) is 2.57. The lowest BCUT2D eigenvalue weighted by molar-refractivity contribution is -0.116. The number of nitrogens with one attached hydrogen (secondary N) is 1. The Morgan fingerprint density at radius 3 is 2.46 bits per heavy atom. The number of hydrogen-bond acceptors (Lipinski definition) is 4. The van der Waals surface area contributed by atoms with Crippen LogP contribution in [0.25, 0.3) is 6.08 Å². The van der Waals surface area contributed by atoms with Gasteiger partial charge in [0.25, 0.3) is 0 Å². The Hall–Kier alpha value is -2.79. The third-order valence-electron chi connectivity index (χ3n) is 4.17. The number of hydrogen-bond donors (Lipinski definition) is 1. The first-order valence-corrected chi connectivity index (χ1v) is 9.49. The van der Waals surface area contributed by atoms with Gasteiger partial charge in [0.1, 0.15) is 0 Å². The van der Waals surface area contributed by atoms with Gasteiger partial charge in [-0.2, -0.15) is 0 Å². The zero-order valence-corrected chi connectivity index (χ0v) is 16.9. The molecule has 0 fully saturated rings. The van der Waals surface area contributed by atoms with E-state index in [1.165, 1.54) is 6.08 Å². The largest absolute Gasteiger partial charge is 0.493 e. The molecule has 2 aromatic rings. The number of amides is 1. The molecule has 0 spiro atoms. The van der Waals surface area contributed by atoms with Gasteiger partial charge in [0.05, 0.1) is 20.3 Å². The van der Waals surface area contributed by atoms with Gasteiger partial charge in [-0.25, -0.2) is 0 Å². The van der Waals surface area contributed by atoms with Crippen LogP contribution in [0.15, 0.2) is 48.5 Å². The van der Waals surface area contributed by atoms with Crippen molar-refractivity contribution in [1.29, 1.82) is 0 Å². The minimum atomic E-state index is -0.150. The van der Waals surface area contributed by atoms with Crippen LogP contribution in [-0.2, 0) is 22.7 Å². The molecule has 1 amide bonds. The summed E-state index contributed by atoms with van der Waals surface area (Å²) in [5.74, 6) is 1.23. The average Bonchev–Trinajstić information content (AvgIpc) is 2.72. The second-order valence-electron chi connectivity index (χ2n) is 6.41. The Balaban J connectivity index is 1.88. The third-order valence-corrected chi connectivity index (χ3v) is 4.17. The maximum absolute atomic E-state index is 12.1. The predicted octanol–water partition coefficient (Wildman–Crippen LogP) is 4.35. The van der Waals surface area contributed by atoms with E-state index in [-0.39, 0.29) is 5.91 Å². The topological polar surface area (TPSA) is 56.8 Å². The molecule has 0 bridgehead atoms. The molecule has 0 heterocycles. The molecule has 0 aliphatic carbocycles. The number of unbranched alkanes of at least 4 members (excludes halogenated alkanes) is 1. The molecule has 0 unspecified atom stereocenters. The summed E-state index contributed by atoms with van der Waals surface area (Å²) in [6.07, 6.45) is 5.36. The van der Waals surface area contributed by atoms with Crippen molar-refractivity contribution >= 4 is 12.0 Å². The molecule has 1 N–H and O–H groups in total. The van der Waals surface area contributed by atoms with Crippen LogP contribution in [0, 0.1) is 0 Å². The Labute approximate surface area is 167 Å². The van der Waals surface area contributed by atoms with Crippen molar-refractivity contribution < 1.29 is 19.0 Å². The summed E-state index contributed by atoms with van der Waals surface area (Å²) in [6.45, 7) is 3.85. The number of ether oxygens (including phenoxy) is 3. The molecule has 0 aromatic heterocycles. The lowest BCUT2D eigenvalue weighted by Gasteiger charge is -2.11. The first-order valence-electron chi connectivity index (χ1n) is 9.49. The Kier molecular flexibility index (Phi) is 9.08. The molecule has 0 atom stereocenters. The van der Waals surface area contributed by atoms with Crippen molar-refractivity contribution in [3.63, 3.8) is 0 Å². The van der Waals surface area contributed by atoms with Crippen molar-refractivity contribution in [2.45, 2.75) is 32.9 Å². The predicted molar refractivity (Wildman–Crippen MR) is 111 cm³/mol. The minimum Gasteiger partial charge on any atom is -0.493 e. The SMILES string of the molecule is CCCCOc1ccc(/C=C/C(=O)NCc2ccc(COC)cc2)cc1OC. The number of benzene rings is 2. The van der Waals surface area contributed by atoms with Crippen LogP contribution in [0.5, 0.6) is 11.5 Å². The zero-order chi connectivity index (χ0) is 20.2. The lowest BCUT2D eigenvalue weighted by Crippen LogP contribution is -2.20. The highest BCUT2D eigenvalue weighted by atomic mass is 16.5. The van der Waals surface area contributed by atoms with E-state index in [1.807, 2.05) is 42.5 Å². The summed E-state index contributed by atoms with van der Waals surface area (Å²) in [5.41, 5.74) is 3.02. The summed E-state index contributed by atoms with van der Waals surface area (Å²) in [6, 6.07) is 13.6. The second kappa shape index (κ2) is 11.8. The Morgan fingerprint density at radius 1 is 1.04 bits per heavy atom. The molecule has 0 radical (unpaired) electrons. The fraction of sp³-hybridized carbons (Fsp3) is 0.348. The smallest absolute Gasteiger partial charge is 0.244 e. The monoisotopic (exact) mass is 383 g/mol. The summed E-state index contributed by atoms with van der Waals surface area (Å²) in [4.78, 5) is 12.1. The van der Waals surface area contributed by atoms with Crippen molar-refractivity contribution in [2.24, 2.45) is 0 Å². The normalized spacial score (nSPS) is 10.8. The molecule has 5 nitrogen and oxygen atoms in total. The van der Waals surface area contributed by atoms with Gasteiger partial charge >= 0.3 is 0 Å². The number of carbonyl (C=O) groups is 1. The average molecular weight is 383 g/mol. The fourth-order valence-electron chi connectivity index (χ4n) is 2.57. The van der Waals surface area contributed by atoms with E-state index in [9.17, 15) is 4.79 Å². The first kappa shape index (κ1) is 21.5. The highest BCUT2D eigenvalue weighted by Gasteiger charge is 2.05. The molecular formula is C23H29NO4. The maximum Gasteiger partial charge on any atom is 0.244 e. The van der Waals surface area contributed by atoms with Crippen LogP contribution >= 0.6 is 0 Å². The summed E-state index contributed by atoms with van der Waals surface area (Å²) >= 11 is 0. The van der Waals surface area contributed by atoms with Gasteiger partial charge in [-0.1, -0.05) is 43.7 Å². The summed E-state index contributed by atoms with van der Waals surface area (Å²) in [5, 5.41) is 2.88. The molecule has 28 heavy (non-hydrogen) atoms. The standard InChI is InChI=1S/C23H29NO4/c1-4-5-14-28-21-12-10-18(15-22(21)27-3)11-13-23(25)24-16-19-6-8-20(9-7-19)17-26-2/h6-13,15H,4-5,14,16-17H2,1-3H3,(H,24,25)/b13-11+. The van der Waals surface area contributed by atoms with Crippen LogP contribution in [-0.4, -0.2) is 26.7 Å². The minimum absolute atomic E-state index is 0.150. The Bertz CT molecular complexity index is 769. The first-order chi connectivity index (χ1) is 13.7. The molecule has 0 saturated carbocycles. The number of rotatable bonds is 11. The molecular weight excluding hydrogens is 354 g/mol. The van der Waals surface area contributed by atoms with Crippen molar-refractivity contribution in [3.05, 3.63) is 65.2 Å². The zero-order valence-electron chi connectivity index (χ0n) is 16.9. The molecule has 150 valence electrons. The van der Waals surface area contributed by atoms with Crippen molar-refractivity contribution in [3.8, 4) is 11.5 Å². The van der Waals surface area contributed by atoms with Crippen LogP contribution in [0.1, 0.15) is 36.5 Å². The summed E-state index contributed by atoms with van der Waals surface area (Å²) in [7, 11) is 3.28. The van der Waals surface area contributed by atoms with Gasteiger partial charge in [-0.15, -0.1) is 0 Å². The van der Waals surface area contributed by atoms with Gasteiger partial charge in [0, 0.05) is 19.7 Å². The van der Waals surface area contributed by atoms with E-state index in [2.05, 4.69) is 12.2 Å². The third kappa shape index (κ3) is 7.08. The molecule has 2 rings (SSSR count). The lowest BCUT2D eigenvalue weighted by atomic mass is 10.1. The van der Waals surface area contributed by atoms with E-state index >= 15 is 0 Å². The van der Waals surface area contributed by atoms with Crippen LogP contribution in [0.3, 0.4) is 0 Å². The van der Waals surface area contributed by atoms with E-state index in [4.69, 9.17) is 14.2 Å². The van der Waals surface area contributed by atoms with Gasteiger partial charge in [0.15, 0.2) is 11.5 Å². The van der Waals surface area contributed by atoms with E-state index in [1.54, 1.807) is 20.3 Å². The quantitative estimate of drug-likeness (QED) is 0.463. The van der Waals surface area contributed by atoms with Gasteiger partial charge in [-0.05, 0) is 41.3 Å².